The Hall–Kier alpha value is -2.61. The summed E-state index contributed by atoms with van der Waals surface area (Å²) in [5.41, 5.74) is 0.283. The van der Waals surface area contributed by atoms with Crippen molar-refractivity contribution in [1.82, 2.24) is 4.98 Å². The molecule has 0 spiro atoms. The number of H-pyrrole nitrogens is 1. The van der Waals surface area contributed by atoms with Gasteiger partial charge in [-0.15, -0.1) is 0 Å². The molecule has 1 unspecified atom stereocenters. The standard InChI is InChI=1S/C17H20N2O5S/c1-3-13(17(21)22)14-9-11(2)18-16(20)15(14)19-25(23,24)10-12-7-5-4-6-8-12/h4-9,13,19H,3,10H2,1-2H3,(H,18,20)(H,21,22). The number of nitrogens with one attached hydrogen (secondary N) is 2. The molecule has 1 heterocycles. The van der Waals surface area contributed by atoms with E-state index in [9.17, 15) is 23.1 Å². The zero-order valence-electron chi connectivity index (χ0n) is 13.9. The van der Waals surface area contributed by atoms with E-state index in [0.29, 0.717) is 11.3 Å². The zero-order chi connectivity index (χ0) is 18.6. The first kappa shape index (κ1) is 18.7. The second-order valence-electron chi connectivity index (χ2n) is 5.76. The van der Waals surface area contributed by atoms with Gasteiger partial charge in [-0.2, -0.15) is 0 Å². The molecule has 1 aromatic heterocycles. The minimum Gasteiger partial charge on any atom is -0.481 e. The van der Waals surface area contributed by atoms with Gasteiger partial charge in [0.05, 0.1) is 11.7 Å². The molecule has 0 aliphatic rings. The minimum absolute atomic E-state index is 0.160. The van der Waals surface area contributed by atoms with Crippen LogP contribution in [-0.4, -0.2) is 24.5 Å². The summed E-state index contributed by atoms with van der Waals surface area (Å²) < 4.78 is 27.1. The Labute approximate surface area is 145 Å². The molecule has 0 saturated carbocycles. The van der Waals surface area contributed by atoms with Crippen molar-refractivity contribution in [3.05, 3.63) is 63.6 Å². The first-order valence-electron chi connectivity index (χ1n) is 7.74. The maximum atomic E-state index is 12.4. The van der Waals surface area contributed by atoms with Crippen LogP contribution in [0.25, 0.3) is 0 Å². The molecule has 0 aliphatic carbocycles. The van der Waals surface area contributed by atoms with Crippen LogP contribution in [0.2, 0.25) is 0 Å². The molecule has 25 heavy (non-hydrogen) atoms. The molecular weight excluding hydrogens is 344 g/mol. The molecule has 134 valence electrons. The topological polar surface area (TPSA) is 116 Å². The van der Waals surface area contributed by atoms with Crippen molar-refractivity contribution >= 4 is 21.7 Å². The number of aromatic nitrogens is 1. The van der Waals surface area contributed by atoms with Gasteiger partial charge in [-0.3, -0.25) is 14.3 Å². The van der Waals surface area contributed by atoms with E-state index >= 15 is 0 Å². The maximum absolute atomic E-state index is 12.4. The summed E-state index contributed by atoms with van der Waals surface area (Å²) in [6.07, 6.45) is 0.228. The van der Waals surface area contributed by atoms with Crippen molar-refractivity contribution in [1.29, 1.82) is 0 Å². The summed E-state index contributed by atoms with van der Waals surface area (Å²) in [6, 6.07) is 10.0. The number of carbonyl (C=O) groups is 1. The molecule has 2 rings (SSSR count). The third-order valence-corrected chi connectivity index (χ3v) is 4.97. The fourth-order valence-corrected chi connectivity index (χ4v) is 3.83. The fourth-order valence-electron chi connectivity index (χ4n) is 2.61. The summed E-state index contributed by atoms with van der Waals surface area (Å²) in [5, 5.41) is 9.38. The number of carboxylic acids is 1. The van der Waals surface area contributed by atoms with Gasteiger partial charge in [0.1, 0.15) is 5.69 Å². The SMILES string of the molecule is CCC(C(=O)O)c1cc(C)[nH]c(=O)c1NS(=O)(=O)Cc1ccccc1. The van der Waals surface area contributed by atoms with Crippen LogP contribution < -0.4 is 10.3 Å². The summed E-state index contributed by atoms with van der Waals surface area (Å²) in [6.45, 7) is 3.28. The van der Waals surface area contributed by atoms with E-state index in [4.69, 9.17) is 0 Å². The molecule has 3 N–H and O–H groups in total. The average molecular weight is 364 g/mol. The number of hydrogen-bond donors (Lipinski definition) is 3. The summed E-state index contributed by atoms with van der Waals surface area (Å²) >= 11 is 0. The molecule has 0 radical (unpaired) electrons. The number of aryl methyl sites for hydroxylation is 1. The Bertz CT molecular complexity index is 920. The second-order valence-corrected chi connectivity index (χ2v) is 7.48. The Kier molecular flexibility index (Phi) is 5.63. The van der Waals surface area contributed by atoms with Crippen LogP contribution in [-0.2, 0) is 20.6 Å². The van der Waals surface area contributed by atoms with Crippen LogP contribution in [0.5, 0.6) is 0 Å². The Balaban J connectivity index is 2.45. The van der Waals surface area contributed by atoms with Gasteiger partial charge in [-0.05, 0) is 30.5 Å². The van der Waals surface area contributed by atoms with Gasteiger partial charge < -0.3 is 10.1 Å². The molecule has 0 bridgehead atoms. The predicted octanol–water partition coefficient (Wildman–Crippen LogP) is 2.20. The molecule has 8 heteroatoms. The highest BCUT2D eigenvalue weighted by Gasteiger charge is 2.25. The zero-order valence-corrected chi connectivity index (χ0v) is 14.8. The maximum Gasteiger partial charge on any atom is 0.311 e. The molecule has 1 aromatic carbocycles. The van der Waals surface area contributed by atoms with Crippen molar-refractivity contribution in [2.45, 2.75) is 31.9 Å². The lowest BCUT2D eigenvalue weighted by Crippen LogP contribution is -2.26. The number of hydrogen-bond acceptors (Lipinski definition) is 4. The Morgan fingerprint density at radius 2 is 1.92 bits per heavy atom. The van der Waals surface area contributed by atoms with Crippen molar-refractivity contribution in [3.8, 4) is 0 Å². The van der Waals surface area contributed by atoms with Crippen molar-refractivity contribution < 1.29 is 18.3 Å². The van der Waals surface area contributed by atoms with Crippen molar-refractivity contribution in [3.63, 3.8) is 0 Å². The van der Waals surface area contributed by atoms with Crippen LogP contribution in [0.1, 0.15) is 36.1 Å². The second kappa shape index (κ2) is 7.52. The normalized spacial score (nSPS) is 12.6. The van der Waals surface area contributed by atoms with E-state index in [1.807, 2.05) is 0 Å². The van der Waals surface area contributed by atoms with Crippen LogP contribution in [0.4, 0.5) is 5.69 Å². The first-order valence-corrected chi connectivity index (χ1v) is 9.39. The van der Waals surface area contributed by atoms with E-state index in [-0.39, 0.29) is 23.4 Å². The highest BCUT2D eigenvalue weighted by atomic mass is 32.2. The number of anilines is 1. The van der Waals surface area contributed by atoms with Crippen LogP contribution in [0.3, 0.4) is 0 Å². The lowest BCUT2D eigenvalue weighted by atomic mass is 9.95. The Morgan fingerprint density at radius 1 is 1.28 bits per heavy atom. The lowest BCUT2D eigenvalue weighted by Gasteiger charge is -2.17. The van der Waals surface area contributed by atoms with Gasteiger partial charge in [0.2, 0.25) is 10.0 Å². The number of aromatic amines is 1. The van der Waals surface area contributed by atoms with Gasteiger partial charge in [0, 0.05) is 5.69 Å². The smallest absolute Gasteiger partial charge is 0.311 e. The third kappa shape index (κ3) is 4.69. The lowest BCUT2D eigenvalue weighted by molar-refractivity contribution is -0.138. The third-order valence-electron chi connectivity index (χ3n) is 3.74. The van der Waals surface area contributed by atoms with Crippen LogP contribution in [0, 0.1) is 6.92 Å². The number of sulfonamides is 1. The number of aliphatic carboxylic acids is 1. The summed E-state index contributed by atoms with van der Waals surface area (Å²) in [4.78, 5) is 26.2. The van der Waals surface area contributed by atoms with E-state index in [1.165, 1.54) is 6.07 Å². The van der Waals surface area contributed by atoms with Gasteiger partial charge in [0.25, 0.3) is 5.56 Å². The number of carboxylic acid groups (broad SMARTS) is 1. The van der Waals surface area contributed by atoms with Gasteiger partial charge in [-0.1, -0.05) is 37.3 Å². The predicted molar refractivity (Wildman–Crippen MR) is 95.2 cm³/mol. The molecule has 0 aliphatic heterocycles. The molecule has 7 nitrogen and oxygen atoms in total. The van der Waals surface area contributed by atoms with Crippen molar-refractivity contribution in [2.75, 3.05) is 4.72 Å². The van der Waals surface area contributed by atoms with Crippen molar-refractivity contribution in [2.24, 2.45) is 0 Å². The Morgan fingerprint density at radius 3 is 2.48 bits per heavy atom. The van der Waals surface area contributed by atoms with E-state index in [0.717, 1.165) is 0 Å². The number of benzene rings is 1. The molecular formula is C17H20N2O5S. The monoisotopic (exact) mass is 364 g/mol. The quantitative estimate of drug-likeness (QED) is 0.696. The van der Waals surface area contributed by atoms with Crippen LogP contribution >= 0.6 is 0 Å². The highest BCUT2D eigenvalue weighted by molar-refractivity contribution is 7.91. The highest BCUT2D eigenvalue weighted by Crippen LogP contribution is 2.26. The van der Waals surface area contributed by atoms with E-state index in [2.05, 4.69) is 9.71 Å². The largest absolute Gasteiger partial charge is 0.481 e. The van der Waals surface area contributed by atoms with Gasteiger partial charge in [-0.25, -0.2) is 8.42 Å². The van der Waals surface area contributed by atoms with E-state index in [1.54, 1.807) is 44.2 Å². The molecule has 1 atom stereocenters. The molecule has 2 aromatic rings. The molecule has 0 saturated heterocycles. The summed E-state index contributed by atoms with van der Waals surface area (Å²) in [5.74, 6) is -2.41. The number of pyridine rings is 1. The molecule has 0 fully saturated rings. The van der Waals surface area contributed by atoms with E-state index < -0.39 is 27.5 Å². The minimum atomic E-state index is -3.88. The fraction of sp³-hybridized carbons (Fsp3) is 0.294. The van der Waals surface area contributed by atoms with Crippen LogP contribution in [0.15, 0.2) is 41.2 Å². The summed E-state index contributed by atoms with van der Waals surface area (Å²) in [7, 11) is -3.88. The average Bonchev–Trinajstić information content (AvgIpc) is 2.51. The van der Waals surface area contributed by atoms with Gasteiger partial charge in [0.15, 0.2) is 0 Å². The first-order chi connectivity index (χ1) is 11.7. The molecule has 0 amide bonds. The number of rotatable bonds is 7. The van der Waals surface area contributed by atoms with Gasteiger partial charge >= 0.3 is 5.97 Å².